The molecule has 0 spiro atoms. The number of aromatic amines is 1. The minimum absolute atomic E-state index is 0.137. The highest BCUT2D eigenvalue weighted by Gasteiger charge is 2.20. The SMILES string of the molecule is O=c1[nH]c2cccc3c2n1-c1cccc(-c2ccc(CN4CCCC4)cc2)c1N=C3. The van der Waals surface area contributed by atoms with Gasteiger partial charge in [0.15, 0.2) is 0 Å². The van der Waals surface area contributed by atoms with Crippen LogP contribution < -0.4 is 5.69 Å². The number of hydrogen-bond donors (Lipinski definition) is 1. The Kier molecular flexibility index (Phi) is 3.96. The first-order valence-electron chi connectivity index (χ1n) is 10.5. The van der Waals surface area contributed by atoms with Crippen molar-refractivity contribution in [3.63, 3.8) is 0 Å². The number of hydrogen-bond acceptors (Lipinski definition) is 3. The van der Waals surface area contributed by atoms with Gasteiger partial charge in [-0.25, -0.2) is 4.79 Å². The lowest BCUT2D eigenvalue weighted by Crippen LogP contribution is -2.18. The van der Waals surface area contributed by atoms with Gasteiger partial charge in [0, 0.05) is 23.9 Å². The van der Waals surface area contributed by atoms with E-state index in [0.29, 0.717) is 0 Å². The van der Waals surface area contributed by atoms with Gasteiger partial charge in [-0.1, -0.05) is 48.5 Å². The Labute approximate surface area is 174 Å². The predicted octanol–water partition coefficient (Wildman–Crippen LogP) is 4.65. The van der Waals surface area contributed by atoms with Crippen molar-refractivity contribution in [1.29, 1.82) is 0 Å². The summed E-state index contributed by atoms with van der Waals surface area (Å²) in [4.78, 5) is 23.1. The summed E-state index contributed by atoms with van der Waals surface area (Å²) in [5.74, 6) is 0. The molecule has 4 aromatic rings. The van der Waals surface area contributed by atoms with Gasteiger partial charge in [0.05, 0.1) is 22.4 Å². The van der Waals surface area contributed by atoms with E-state index in [1.54, 1.807) is 4.57 Å². The molecule has 0 atom stereocenters. The molecular weight excluding hydrogens is 372 g/mol. The molecule has 1 N–H and O–H groups in total. The Morgan fingerprint density at radius 3 is 2.57 bits per heavy atom. The van der Waals surface area contributed by atoms with Crippen LogP contribution in [-0.4, -0.2) is 33.8 Å². The zero-order valence-corrected chi connectivity index (χ0v) is 16.6. The highest BCUT2D eigenvalue weighted by Crippen LogP contribution is 2.38. The van der Waals surface area contributed by atoms with E-state index in [4.69, 9.17) is 4.99 Å². The summed E-state index contributed by atoms with van der Waals surface area (Å²) in [7, 11) is 0. The van der Waals surface area contributed by atoms with E-state index in [2.05, 4.69) is 40.2 Å². The molecule has 30 heavy (non-hydrogen) atoms. The third kappa shape index (κ3) is 2.74. The molecule has 6 rings (SSSR count). The van der Waals surface area contributed by atoms with Crippen LogP contribution >= 0.6 is 0 Å². The fraction of sp³-hybridized carbons (Fsp3) is 0.200. The molecule has 0 amide bonds. The molecule has 2 aliphatic heterocycles. The van der Waals surface area contributed by atoms with Crippen molar-refractivity contribution in [3.05, 3.63) is 82.3 Å². The first kappa shape index (κ1) is 17.4. The number of H-pyrrole nitrogens is 1. The molecule has 3 heterocycles. The van der Waals surface area contributed by atoms with Crippen LogP contribution in [0.4, 0.5) is 5.69 Å². The van der Waals surface area contributed by atoms with Crippen molar-refractivity contribution in [2.24, 2.45) is 4.99 Å². The normalized spacial score (nSPS) is 15.5. The van der Waals surface area contributed by atoms with Crippen LogP contribution in [0.1, 0.15) is 24.0 Å². The fourth-order valence-electron chi connectivity index (χ4n) is 4.72. The number of likely N-dealkylation sites (tertiary alicyclic amines) is 1. The van der Waals surface area contributed by atoms with E-state index in [1.807, 2.05) is 36.5 Å². The van der Waals surface area contributed by atoms with Gasteiger partial charge in [-0.2, -0.15) is 0 Å². The second-order valence-electron chi connectivity index (χ2n) is 8.12. The Balaban J connectivity index is 1.46. The maximum absolute atomic E-state index is 12.8. The maximum Gasteiger partial charge on any atom is 0.331 e. The van der Waals surface area contributed by atoms with E-state index >= 15 is 0 Å². The monoisotopic (exact) mass is 394 g/mol. The summed E-state index contributed by atoms with van der Waals surface area (Å²) < 4.78 is 1.75. The Morgan fingerprint density at radius 1 is 0.933 bits per heavy atom. The molecule has 1 aromatic heterocycles. The third-order valence-electron chi connectivity index (χ3n) is 6.19. The second-order valence-corrected chi connectivity index (χ2v) is 8.12. The number of aliphatic imine (C=N–C) groups is 1. The average molecular weight is 394 g/mol. The lowest BCUT2D eigenvalue weighted by Gasteiger charge is -2.15. The van der Waals surface area contributed by atoms with Crippen LogP contribution in [0, 0.1) is 0 Å². The van der Waals surface area contributed by atoms with E-state index in [9.17, 15) is 4.79 Å². The predicted molar refractivity (Wildman–Crippen MR) is 121 cm³/mol. The molecule has 0 saturated carbocycles. The summed E-state index contributed by atoms with van der Waals surface area (Å²) in [5, 5.41) is 0. The van der Waals surface area contributed by atoms with Crippen LogP contribution in [0.25, 0.3) is 27.8 Å². The number of imidazole rings is 1. The number of aromatic nitrogens is 2. The van der Waals surface area contributed by atoms with E-state index in [0.717, 1.165) is 45.6 Å². The summed E-state index contributed by atoms with van der Waals surface area (Å²) in [6, 6.07) is 20.7. The average Bonchev–Trinajstić information content (AvgIpc) is 3.35. The fourth-order valence-corrected chi connectivity index (χ4v) is 4.72. The van der Waals surface area contributed by atoms with Crippen molar-refractivity contribution in [1.82, 2.24) is 14.5 Å². The first-order chi connectivity index (χ1) is 14.8. The van der Waals surface area contributed by atoms with Crippen LogP contribution in [0.5, 0.6) is 0 Å². The quantitative estimate of drug-likeness (QED) is 0.484. The van der Waals surface area contributed by atoms with Crippen molar-refractivity contribution in [2.75, 3.05) is 13.1 Å². The van der Waals surface area contributed by atoms with Crippen LogP contribution in [0.3, 0.4) is 0 Å². The van der Waals surface area contributed by atoms with Gasteiger partial charge in [0.2, 0.25) is 0 Å². The Hall–Kier alpha value is -3.44. The topological polar surface area (TPSA) is 53.4 Å². The van der Waals surface area contributed by atoms with Gasteiger partial charge in [0.25, 0.3) is 0 Å². The minimum atomic E-state index is -0.137. The number of nitrogens with one attached hydrogen (secondary N) is 1. The molecule has 5 heteroatoms. The highest BCUT2D eigenvalue weighted by molar-refractivity contribution is 6.02. The van der Waals surface area contributed by atoms with Gasteiger partial charge in [-0.05, 0) is 49.2 Å². The molecule has 0 unspecified atom stereocenters. The number of nitrogens with zero attached hydrogens (tertiary/aromatic N) is 3. The Bertz CT molecular complexity index is 1340. The van der Waals surface area contributed by atoms with Crippen LogP contribution in [-0.2, 0) is 6.54 Å². The molecule has 0 bridgehead atoms. The van der Waals surface area contributed by atoms with Crippen molar-refractivity contribution >= 4 is 22.9 Å². The van der Waals surface area contributed by atoms with E-state index in [-0.39, 0.29) is 5.69 Å². The number of benzene rings is 3. The summed E-state index contributed by atoms with van der Waals surface area (Å²) in [5.41, 5.74) is 7.62. The van der Waals surface area contributed by atoms with Gasteiger partial charge >= 0.3 is 5.69 Å². The molecule has 2 aliphatic rings. The van der Waals surface area contributed by atoms with E-state index < -0.39 is 0 Å². The minimum Gasteiger partial charge on any atom is -0.305 e. The molecule has 1 saturated heterocycles. The maximum atomic E-state index is 12.8. The lowest BCUT2D eigenvalue weighted by atomic mass is 10.0. The van der Waals surface area contributed by atoms with Crippen LogP contribution in [0.2, 0.25) is 0 Å². The molecule has 0 aliphatic carbocycles. The van der Waals surface area contributed by atoms with Crippen molar-refractivity contribution in [2.45, 2.75) is 19.4 Å². The summed E-state index contributed by atoms with van der Waals surface area (Å²) >= 11 is 0. The third-order valence-corrected chi connectivity index (χ3v) is 6.19. The summed E-state index contributed by atoms with van der Waals surface area (Å²) in [6.07, 6.45) is 4.48. The van der Waals surface area contributed by atoms with Gasteiger partial charge in [-0.3, -0.25) is 14.5 Å². The van der Waals surface area contributed by atoms with Crippen LogP contribution in [0.15, 0.2) is 70.5 Å². The summed E-state index contributed by atoms with van der Waals surface area (Å²) in [6.45, 7) is 3.41. The number of fused-ring (bicyclic) bond motifs is 2. The largest absolute Gasteiger partial charge is 0.331 e. The molecular formula is C25H22N4O. The molecule has 1 fully saturated rings. The van der Waals surface area contributed by atoms with Crippen molar-refractivity contribution < 1.29 is 0 Å². The standard InChI is InChI=1S/C25H22N4O/c30-25-27-21-7-3-5-19-15-26-23-20(6-4-8-22(23)29(25)24(19)21)18-11-9-17(10-12-18)16-28-13-1-2-14-28/h3-12,15H,1-2,13-14,16H2,(H,27,30). The molecule has 3 aromatic carbocycles. The molecule has 0 radical (unpaired) electrons. The van der Waals surface area contributed by atoms with E-state index in [1.165, 1.54) is 31.5 Å². The molecule has 5 nitrogen and oxygen atoms in total. The number of rotatable bonds is 3. The smallest absolute Gasteiger partial charge is 0.305 e. The van der Waals surface area contributed by atoms with Gasteiger partial charge in [-0.15, -0.1) is 0 Å². The van der Waals surface area contributed by atoms with Gasteiger partial charge < -0.3 is 4.98 Å². The molecule has 148 valence electrons. The zero-order valence-electron chi connectivity index (χ0n) is 16.6. The number of para-hydroxylation sites is 2. The lowest BCUT2D eigenvalue weighted by molar-refractivity contribution is 0.331. The highest BCUT2D eigenvalue weighted by atomic mass is 16.1. The Morgan fingerprint density at radius 2 is 1.73 bits per heavy atom. The zero-order chi connectivity index (χ0) is 20.1. The van der Waals surface area contributed by atoms with Crippen molar-refractivity contribution in [3.8, 4) is 16.8 Å². The first-order valence-corrected chi connectivity index (χ1v) is 10.5. The van der Waals surface area contributed by atoms with Gasteiger partial charge in [0.1, 0.15) is 0 Å². The second kappa shape index (κ2) is 6.82.